The SMILES string of the molecule is CCOC(=O)C1(C(=O)OCC)Cc2c(-c3nc(-c4ccccc4)c(-c4ccccc4)c4c3CC(C(=O)OCC)(C(=O)OCC)C4)nc(-c3ccccc3)c(-c3ccccc3)c2C1. The zero-order valence-electron chi connectivity index (χ0n) is 35.4. The Bertz CT molecular complexity index is 2430. The first-order valence-electron chi connectivity index (χ1n) is 21.2. The lowest BCUT2D eigenvalue weighted by molar-refractivity contribution is -0.173. The Kier molecular flexibility index (Phi) is 11.8. The van der Waals surface area contributed by atoms with Crippen LogP contribution >= 0.6 is 0 Å². The van der Waals surface area contributed by atoms with Crippen molar-refractivity contribution in [2.24, 2.45) is 10.8 Å². The molecule has 2 aromatic heterocycles. The summed E-state index contributed by atoms with van der Waals surface area (Å²) in [6, 6.07) is 39.1. The minimum Gasteiger partial charge on any atom is -0.465 e. The van der Waals surface area contributed by atoms with Crippen LogP contribution in [-0.4, -0.2) is 60.3 Å². The molecule has 0 amide bonds. The summed E-state index contributed by atoms with van der Waals surface area (Å²) in [7, 11) is 0. The number of aromatic nitrogens is 2. The average Bonchev–Trinajstić information content (AvgIpc) is 3.92. The fourth-order valence-corrected chi connectivity index (χ4v) is 9.10. The third kappa shape index (κ3) is 7.23. The fourth-order valence-electron chi connectivity index (χ4n) is 9.10. The number of carbonyl (C=O) groups excluding carboxylic acids is 4. The molecule has 0 N–H and O–H groups in total. The first kappa shape index (κ1) is 41.8. The minimum absolute atomic E-state index is 0.0228. The van der Waals surface area contributed by atoms with Crippen LogP contribution in [0.2, 0.25) is 0 Å². The Morgan fingerprint density at radius 2 is 0.645 bits per heavy atom. The number of benzene rings is 4. The summed E-state index contributed by atoms with van der Waals surface area (Å²) in [5.41, 5.74) is 6.10. The molecular weight excluding hydrogens is 781 g/mol. The van der Waals surface area contributed by atoms with Crippen LogP contribution in [0, 0.1) is 10.8 Å². The van der Waals surface area contributed by atoms with Gasteiger partial charge in [-0.15, -0.1) is 0 Å². The molecule has 6 aromatic rings. The molecule has 8 rings (SSSR count). The molecule has 10 heteroatoms. The lowest BCUT2D eigenvalue weighted by Crippen LogP contribution is -2.43. The van der Waals surface area contributed by atoms with Gasteiger partial charge in [0.1, 0.15) is 0 Å². The van der Waals surface area contributed by atoms with E-state index in [9.17, 15) is 19.2 Å². The molecular formula is C52H48N2O8. The van der Waals surface area contributed by atoms with Gasteiger partial charge in [-0.1, -0.05) is 121 Å². The molecule has 314 valence electrons. The molecule has 2 aliphatic rings. The zero-order chi connectivity index (χ0) is 43.4. The van der Waals surface area contributed by atoms with E-state index in [2.05, 4.69) is 0 Å². The van der Waals surface area contributed by atoms with Crippen molar-refractivity contribution in [2.75, 3.05) is 26.4 Å². The highest BCUT2D eigenvalue weighted by Gasteiger charge is 2.57. The summed E-state index contributed by atoms with van der Waals surface area (Å²) in [6.07, 6.45) is -0.221. The third-order valence-electron chi connectivity index (χ3n) is 11.8. The van der Waals surface area contributed by atoms with Gasteiger partial charge >= 0.3 is 23.9 Å². The molecule has 2 aliphatic carbocycles. The van der Waals surface area contributed by atoms with Gasteiger partial charge in [-0.25, -0.2) is 9.97 Å². The number of rotatable bonds is 13. The van der Waals surface area contributed by atoms with Crippen molar-refractivity contribution < 1.29 is 38.1 Å². The maximum absolute atomic E-state index is 14.3. The summed E-state index contributed by atoms with van der Waals surface area (Å²) in [6.45, 7) is 7.07. The van der Waals surface area contributed by atoms with Gasteiger partial charge in [0.25, 0.3) is 0 Å². The van der Waals surface area contributed by atoms with Gasteiger partial charge in [-0.2, -0.15) is 0 Å². The highest BCUT2D eigenvalue weighted by molar-refractivity contribution is 6.05. The summed E-state index contributed by atoms with van der Waals surface area (Å²) >= 11 is 0. The highest BCUT2D eigenvalue weighted by atomic mass is 16.6. The normalized spacial score (nSPS) is 14.3. The Labute approximate surface area is 361 Å². The van der Waals surface area contributed by atoms with Crippen molar-refractivity contribution in [2.45, 2.75) is 53.4 Å². The quantitative estimate of drug-likeness (QED) is 0.0631. The predicted molar refractivity (Wildman–Crippen MR) is 235 cm³/mol. The maximum atomic E-state index is 14.3. The minimum atomic E-state index is -1.74. The van der Waals surface area contributed by atoms with Crippen LogP contribution in [0.15, 0.2) is 121 Å². The van der Waals surface area contributed by atoms with Crippen LogP contribution in [0.4, 0.5) is 0 Å². The Hall–Kier alpha value is -6.94. The molecule has 0 saturated heterocycles. The van der Waals surface area contributed by atoms with Gasteiger partial charge in [0.2, 0.25) is 0 Å². The molecule has 0 unspecified atom stereocenters. The van der Waals surface area contributed by atoms with E-state index in [4.69, 9.17) is 28.9 Å². The number of esters is 4. The lowest BCUT2D eigenvalue weighted by Gasteiger charge is -2.24. The number of hydrogen-bond acceptors (Lipinski definition) is 10. The molecule has 10 nitrogen and oxygen atoms in total. The number of nitrogens with zero attached hydrogens (tertiary/aromatic N) is 2. The van der Waals surface area contributed by atoms with Gasteiger partial charge in [-0.05, 0) is 61.1 Å². The number of carbonyl (C=O) groups is 4. The molecule has 2 heterocycles. The predicted octanol–water partition coefficient (Wildman–Crippen LogP) is 9.23. The Morgan fingerprint density at radius 1 is 0.387 bits per heavy atom. The maximum Gasteiger partial charge on any atom is 0.324 e. The molecule has 0 atom stereocenters. The number of ether oxygens (including phenoxy) is 4. The third-order valence-corrected chi connectivity index (χ3v) is 11.8. The molecule has 0 bridgehead atoms. The van der Waals surface area contributed by atoms with Crippen molar-refractivity contribution in [3.63, 3.8) is 0 Å². The fraction of sp³-hybridized carbons (Fsp3) is 0.269. The van der Waals surface area contributed by atoms with Gasteiger partial charge < -0.3 is 18.9 Å². The molecule has 0 radical (unpaired) electrons. The standard InChI is InChI=1S/C52H48N2O8/c1-5-59-47(55)51(48(56)60-6-2)29-37-39(31-51)45(53-43(35-25-17-11-18-26-35)41(37)33-21-13-9-14-22-33)46-40-32-52(49(57)61-7-3,50(58)62-8-4)30-38(40)42(34-23-15-10-16-24-34)44(54-46)36-27-19-12-20-28-36/h9-28H,5-8,29-32H2,1-4H3. The van der Waals surface area contributed by atoms with E-state index in [1.54, 1.807) is 27.7 Å². The van der Waals surface area contributed by atoms with Gasteiger partial charge in [0.05, 0.1) is 49.2 Å². The monoisotopic (exact) mass is 828 g/mol. The lowest BCUT2D eigenvalue weighted by atomic mass is 9.83. The van der Waals surface area contributed by atoms with Crippen LogP contribution in [0.5, 0.6) is 0 Å². The van der Waals surface area contributed by atoms with Crippen molar-refractivity contribution >= 4 is 23.9 Å². The van der Waals surface area contributed by atoms with Gasteiger partial charge in [0.15, 0.2) is 10.8 Å². The van der Waals surface area contributed by atoms with E-state index in [0.29, 0.717) is 33.9 Å². The average molecular weight is 829 g/mol. The van der Waals surface area contributed by atoms with Crippen LogP contribution in [0.25, 0.3) is 56.2 Å². The van der Waals surface area contributed by atoms with Crippen molar-refractivity contribution in [3.05, 3.63) is 144 Å². The Morgan fingerprint density at radius 3 is 0.919 bits per heavy atom. The van der Waals surface area contributed by atoms with Gasteiger partial charge in [-0.3, -0.25) is 19.2 Å². The Balaban J connectivity index is 1.53. The van der Waals surface area contributed by atoms with Crippen LogP contribution in [-0.2, 0) is 63.8 Å². The van der Waals surface area contributed by atoms with Crippen LogP contribution < -0.4 is 0 Å². The van der Waals surface area contributed by atoms with Crippen LogP contribution in [0.1, 0.15) is 49.9 Å². The highest BCUT2D eigenvalue weighted by Crippen LogP contribution is 2.53. The van der Waals surface area contributed by atoms with Crippen molar-refractivity contribution in [3.8, 4) is 56.2 Å². The molecule has 0 fully saturated rings. The smallest absolute Gasteiger partial charge is 0.324 e. The second kappa shape index (κ2) is 17.6. The summed E-state index contributed by atoms with van der Waals surface area (Å²) in [4.78, 5) is 68.4. The van der Waals surface area contributed by atoms with E-state index in [1.807, 2.05) is 121 Å². The van der Waals surface area contributed by atoms with Crippen molar-refractivity contribution in [1.82, 2.24) is 9.97 Å². The topological polar surface area (TPSA) is 131 Å². The van der Waals surface area contributed by atoms with Gasteiger partial charge in [0, 0.05) is 47.9 Å². The van der Waals surface area contributed by atoms with Crippen molar-refractivity contribution in [1.29, 1.82) is 0 Å². The summed E-state index contributed by atoms with van der Waals surface area (Å²) < 4.78 is 22.8. The number of pyridine rings is 2. The first-order valence-corrected chi connectivity index (χ1v) is 21.2. The summed E-state index contributed by atoms with van der Waals surface area (Å²) in [5.74, 6) is -2.75. The number of fused-ring (bicyclic) bond motifs is 2. The van der Waals surface area contributed by atoms with Crippen LogP contribution in [0.3, 0.4) is 0 Å². The largest absolute Gasteiger partial charge is 0.465 e. The van der Waals surface area contributed by atoms with E-state index in [0.717, 1.165) is 44.5 Å². The summed E-state index contributed by atoms with van der Waals surface area (Å²) in [5, 5.41) is 0. The zero-order valence-corrected chi connectivity index (χ0v) is 35.4. The molecule has 62 heavy (non-hydrogen) atoms. The first-order chi connectivity index (χ1) is 30.2. The van der Waals surface area contributed by atoms with E-state index >= 15 is 0 Å². The second-order valence-electron chi connectivity index (χ2n) is 15.5. The number of hydrogen-bond donors (Lipinski definition) is 0. The van der Waals surface area contributed by atoms with E-state index in [-0.39, 0.29) is 52.1 Å². The molecule has 4 aromatic carbocycles. The molecule has 0 aliphatic heterocycles. The second-order valence-corrected chi connectivity index (χ2v) is 15.5. The molecule has 0 spiro atoms. The van der Waals surface area contributed by atoms with E-state index < -0.39 is 34.7 Å². The molecule has 0 saturated carbocycles. The van der Waals surface area contributed by atoms with E-state index in [1.165, 1.54) is 0 Å².